The minimum absolute atomic E-state index is 0.148. The number of likely N-dealkylation sites (N-methyl/N-ethyl adjacent to an activating group) is 1. The van der Waals surface area contributed by atoms with Crippen molar-refractivity contribution in [2.45, 2.75) is 399 Å². The summed E-state index contributed by atoms with van der Waals surface area (Å²) >= 11 is 0. The molecule has 0 aromatic heterocycles. The number of aliphatic carboxylic acids is 1. The van der Waals surface area contributed by atoms with Crippen molar-refractivity contribution in [3.8, 4) is 0 Å². The summed E-state index contributed by atoms with van der Waals surface area (Å²) in [5.41, 5.74) is 0. The fraction of sp³-hybridized carbons (Fsp3) is 0.821. The molecule has 0 N–H and O–H groups in total. The van der Waals surface area contributed by atoms with Crippen LogP contribution in [-0.2, 0) is 33.3 Å². The zero-order chi connectivity index (χ0) is 67.5. The minimum atomic E-state index is -1.62. The van der Waals surface area contributed by atoms with Crippen LogP contribution in [0.15, 0.2) is 72.9 Å². The first-order valence-corrected chi connectivity index (χ1v) is 40.1. The van der Waals surface area contributed by atoms with Gasteiger partial charge in [-0.1, -0.05) is 356 Å². The van der Waals surface area contributed by atoms with Crippen molar-refractivity contribution in [1.29, 1.82) is 0 Å². The lowest BCUT2D eigenvalue weighted by Crippen LogP contribution is -2.44. The largest absolute Gasteiger partial charge is 0.545 e. The number of rotatable bonds is 75. The van der Waals surface area contributed by atoms with E-state index in [1.165, 1.54) is 295 Å². The smallest absolute Gasteiger partial charge is 0.306 e. The number of ether oxygens (including phenoxy) is 4. The van der Waals surface area contributed by atoms with Gasteiger partial charge in [-0.3, -0.25) is 9.59 Å². The first-order chi connectivity index (χ1) is 45.6. The Hall–Kier alpha value is -3.27. The van der Waals surface area contributed by atoms with Gasteiger partial charge in [-0.25, -0.2) is 0 Å². The number of carboxylic acid groups (broad SMARTS) is 1. The minimum Gasteiger partial charge on any atom is -0.545 e. The number of carbonyl (C=O) groups is 3. The first kappa shape index (κ1) is 89.7. The Morgan fingerprint density at radius 3 is 0.860 bits per heavy atom. The van der Waals surface area contributed by atoms with Gasteiger partial charge in [0, 0.05) is 12.8 Å². The molecule has 9 nitrogen and oxygen atoms in total. The van der Waals surface area contributed by atoms with Crippen LogP contribution in [0.2, 0.25) is 0 Å². The molecule has 0 heterocycles. The molecule has 2 atom stereocenters. The van der Waals surface area contributed by atoms with Crippen LogP contribution >= 0.6 is 0 Å². The molecule has 0 spiro atoms. The average Bonchev–Trinajstić information content (AvgIpc) is 3.73. The monoisotopic (exact) mass is 1300 g/mol. The summed E-state index contributed by atoms with van der Waals surface area (Å²) in [6, 6.07) is 0. The molecular formula is C84H153NO8. The highest BCUT2D eigenvalue weighted by molar-refractivity contribution is 5.70. The molecule has 2 unspecified atom stereocenters. The van der Waals surface area contributed by atoms with Crippen LogP contribution in [0, 0.1) is 0 Å². The number of carboxylic acids is 1. The van der Waals surface area contributed by atoms with E-state index in [9.17, 15) is 19.5 Å². The summed E-state index contributed by atoms with van der Waals surface area (Å²) in [5, 5.41) is 11.9. The number of hydrogen-bond acceptors (Lipinski definition) is 8. The number of quaternary nitrogens is 1. The van der Waals surface area contributed by atoms with E-state index in [1.54, 1.807) is 0 Å². The number of unbranched alkanes of at least 4 members (excludes halogenated alkanes) is 48. The highest BCUT2D eigenvalue weighted by atomic mass is 16.7. The Labute approximate surface area is 577 Å². The molecular weight excluding hydrogens is 1150 g/mol. The maximum atomic E-state index is 13.0. The lowest BCUT2D eigenvalue weighted by molar-refractivity contribution is -0.870. The van der Waals surface area contributed by atoms with Gasteiger partial charge < -0.3 is 33.3 Å². The van der Waals surface area contributed by atoms with E-state index in [0.717, 1.165) is 57.8 Å². The van der Waals surface area contributed by atoms with E-state index in [1.807, 2.05) is 21.1 Å². The number of allylic oxidation sites excluding steroid dienone is 12. The van der Waals surface area contributed by atoms with E-state index < -0.39 is 24.3 Å². The number of nitrogens with zero attached hydrogens (tertiary/aromatic N) is 1. The second-order valence-corrected chi connectivity index (χ2v) is 28.4. The van der Waals surface area contributed by atoms with Gasteiger partial charge in [0.15, 0.2) is 12.4 Å². The van der Waals surface area contributed by atoms with Crippen molar-refractivity contribution in [2.24, 2.45) is 0 Å². The maximum absolute atomic E-state index is 13.0. The summed E-state index contributed by atoms with van der Waals surface area (Å²) in [5.74, 6) is -2.26. The SMILES string of the molecule is CCCCCCC/C=C\C/C=C\C/C=C\CCCCCCCCCCCCCCCCCCCCCCCCC(=O)OC(COC(=O)CCCCCCCCCCCCCCCCCC/C=C\C/C=C\C/C=C\CCCCCCC)COC(OCC[N+](C)(C)C)C(=O)[O-]. The number of carbonyl (C=O) groups excluding carboxylic acids is 3. The van der Waals surface area contributed by atoms with Gasteiger partial charge in [0.1, 0.15) is 13.2 Å². The van der Waals surface area contributed by atoms with Gasteiger partial charge in [-0.2, -0.15) is 0 Å². The van der Waals surface area contributed by atoms with E-state index >= 15 is 0 Å². The van der Waals surface area contributed by atoms with Crippen LogP contribution in [-0.4, -0.2) is 82.3 Å². The van der Waals surface area contributed by atoms with E-state index in [2.05, 4.69) is 86.8 Å². The third kappa shape index (κ3) is 76.0. The van der Waals surface area contributed by atoms with Gasteiger partial charge in [-0.05, 0) is 89.9 Å². The summed E-state index contributed by atoms with van der Waals surface area (Å²) in [6.07, 6.45) is 97.4. The van der Waals surface area contributed by atoms with Crippen LogP contribution in [0.25, 0.3) is 0 Å². The third-order valence-corrected chi connectivity index (χ3v) is 17.9. The van der Waals surface area contributed by atoms with Crippen LogP contribution in [0.1, 0.15) is 386 Å². The molecule has 0 aliphatic carbocycles. The van der Waals surface area contributed by atoms with Gasteiger partial charge in [-0.15, -0.1) is 0 Å². The van der Waals surface area contributed by atoms with E-state index in [0.29, 0.717) is 23.9 Å². The molecule has 0 amide bonds. The number of hydrogen-bond donors (Lipinski definition) is 0. The molecule has 0 aromatic rings. The molecule has 0 bridgehead atoms. The quantitative estimate of drug-likeness (QED) is 0.0195. The molecule has 0 aliphatic rings. The topological polar surface area (TPSA) is 111 Å². The second-order valence-electron chi connectivity index (χ2n) is 28.4. The third-order valence-electron chi connectivity index (χ3n) is 17.9. The highest BCUT2D eigenvalue weighted by Crippen LogP contribution is 2.19. The fourth-order valence-electron chi connectivity index (χ4n) is 11.8. The summed E-state index contributed by atoms with van der Waals surface area (Å²) in [6.45, 7) is 4.78. The van der Waals surface area contributed by atoms with Gasteiger partial charge in [0.2, 0.25) is 0 Å². The lowest BCUT2D eigenvalue weighted by Gasteiger charge is -2.26. The highest BCUT2D eigenvalue weighted by Gasteiger charge is 2.22. The molecule has 0 fully saturated rings. The van der Waals surface area contributed by atoms with Gasteiger partial charge >= 0.3 is 11.9 Å². The zero-order valence-electron chi connectivity index (χ0n) is 62.1. The molecule has 0 radical (unpaired) electrons. The summed E-state index contributed by atoms with van der Waals surface area (Å²) in [4.78, 5) is 37.6. The van der Waals surface area contributed by atoms with Crippen LogP contribution in [0.5, 0.6) is 0 Å². The Morgan fingerprint density at radius 1 is 0.323 bits per heavy atom. The zero-order valence-corrected chi connectivity index (χ0v) is 62.1. The summed E-state index contributed by atoms with van der Waals surface area (Å²) in [7, 11) is 5.95. The van der Waals surface area contributed by atoms with E-state index in [4.69, 9.17) is 18.9 Å². The Balaban J connectivity index is 4.00. The molecule has 9 heteroatoms. The molecule has 0 saturated heterocycles. The Bertz CT molecular complexity index is 1760. The van der Waals surface area contributed by atoms with Crippen LogP contribution < -0.4 is 5.11 Å². The van der Waals surface area contributed by atoms with Crippen molar-refractivity contribution >= 4 is 17.9 Å². The predicted octanol–water partition coefficient (Wildman–Crippen LogP) is 24.3. The van der Waals surface area contributed by atoms with Crippen LogP contribution in [0.4, 0.5) is 0 Å². The molecule has 0 aliphatic heterocycles. The van der Waals surface area contributed by atoms with Gasteiger partial charge in [0.05, 0.1) is 40.3 Å². The maximum Gasteiger partial charge on any atom is 0.306 e. The van der Waals surface area contributed by atoms with Crippen molar-refractivity contribution in [3.05, 3.63) is 72.9 Å². The van der Waals surface area contributed by atoms with Crippen molar-refractivity contribution < 1.29 is 42.9 Å². The molecule has 542 valence electrons. The molecule has 93 heavy (non-hydrogen) atoms. The fourth-order valence-corrected chi connectivity index (χ4v) is 11.8. The Morgan fingerprint density at radius 2 is 0.581 bits per heavy atom. The van der Waals surface area contributed by atoms with Gasteiger partial charge in [0.25, 0.3) is 0 Å². The molecule has 0 aromatic carbocycles. The summed E-state index contributed by atoms with van der Waals surface area (Å²) < 4.78 is 22.9. The average molecular weight is 1310 g/mol. The first-order valence-electron chi connectivity index (χ1n) is 40.1. The number of esters is 2. The Kier molecular flexibility index (Phi) is 71.9. The lowest BCUT2D eigenvalue weighted by atomic mass is 10.0. The van der Waals surface area contributed by atoms with Crippen molar-refractivity contribution in [3.63, 3.8) is 0 Å². The molecule has 0 saturated carbocycles. The van der Waals surface area contributed by atoms with E-state index in [-0.39, 0.29) is 32.2 Å². The standard InChI is InChI=1S/C84H153NO8/c1-6-8-10-12-14-16-18-20-22-24-26-28-30-32-34-36-38-39-40-41-42-43-45-47-49-51-53-55-57-59-61-63-65-67-69-71-73-75-82(87)93-80(79-92-84(83(88)89)90-77-76-85(3,4)5)78-91-81(86)74-72-70-68-66-64-62-60-58-56-54-52-50-48-46-44-37-35-33-31-29-27-25-23-21-19-17-15-13-11-9-7-2/h18-21,24-27,30-33,80,84H,6-17,22-23,28-29,34-79H2,1-5H3/b20-18-,21-19-,26-24-,27-25-,32-30-,33-31-. The molecule has 0 rings (SSSR count). The second kappa shape index (κ2) is 74.5. The normalized spacial score (nSPS) is 13.0. The van der Waals surface area contributed by atoms with Crippen molar-refractivity contribution in [1.82, 2.24) is 0 Å². The predicted molar refractivity (Wildman–Crippen MR) is 398 cm³/mol. The van der Waals surface area contributed by atoms with Crippen LogP contribution in [0.3, 0.4) is 0 Å². The van der Waals surface area contributed by atoms with Crippen molar-refractivity contribution in [2.75, 3.05) is 47.5 Å².